The van der Waals surface area contributed by atoms with Crippen LogP contribution in [0, 0.1) is 0 Å². The molecule has 0 unspecified atom stereocenters. The summed E-state index contributed by atoms with van der Waals surface area (Å²) in [6.07, 6.45) is 39.2. The monoisotopic (exact) mass is 715 g/mol. The van der Waals surface area contributed by atoms with Gasteiger partial charge in [0.25, 0.3) is 0 Å². The topological polar surface area (TPSA) is 92.7 Å². The predicted octanol–water partition coefficient (Wildman–Crippen LogP) is 11.5. The fourth-order valence-corrected chi connectivity index (χ4v) is 6.80. The van der Waals surface area contributed by atoms with Gasteiger partial charge < -0.3 is 21.3 Å². The number of nitrogens with two attached hydrogens (primary N) is 2. The number of halogens is 1. The van der Waals surface area contributed by atoms with Crippen LogP contribution in [0.5, 0.6) is 0 Å². The Morgan fingerprint density at radius 3 is 0.816 bits per heavy atom. The van der Waals surface area contributed by atoms with Crippen LogP contribution in [-0.4, -0.2) is 60.9 Å². The van der Waals surface area contributed by atoms with Crippen molar-refractivity contribution >= 4 is 24.2 Å². The molecule has 0 aliphatic rings. The van der Waals surface area contributed by atoms with Gasteiger partial charge in [0, 0.05) is 39.0 Å². The normalized spacial score (nSPS) is 11.1. The summed E-state index contributed by atoms with van der Waals surface area (Å²) in [5, 5.41) is 0. The van der Waals surface area contributed by atoms with Crippen molar-refractivity contribution in [3.05, 3.63) is 0 Å². The van der Waals surface area contributed by atoms with Crippen LogP contribution in [0.15, 0.2) is 0 Å². The van der Waals surface area contributed by atoms with E-state index in [4.69, 9.17) is 11.5 Å². The molecule has 0 rings (SSSR count). The van der Waals surface area contributed by atoms with Crippen molar-refractivity contribution in [3.63, 3.8) is 0 Å². The number of rotatable bonds is 39. The van der Waals surface area contributed by atoms with Gasteiger partial charge in [0.1, 0.15) is 0 Å². The van der Waals surface area contributed by atoms with E-state index in [1.54, 1.807) is 0 Å². The standard InChI is InChI=1S/C42H86N4O2.ClH/c1-3-5-7-9-11-13-15-17-19-21-23-25-27-33-41(47)45(39-31-35-43)37-29-30-38-46(40-32-36-44)42(48)34-28-26-24-22-20-18-16-14-12-10-8-6-4-2;/h3-40,43-44H2,1-2H3;1H. The van der Waals surface area contributed by atoms with E-state index in [2.05, 4.69) is 13.8 Å². The molecule has 0 radical (unpaired) electrons. The van der Waals surface area contributed by atoms with Gasteiger partial charge in [-0.05, 0) is 51.6 Å². The van der Waals surface area contributed by atoms with Crippen LogP contribution in [0.3, 0.4) is 0 Å². The summed E-state index contributed by atoms with van der Waals surface area (Å²) in [7, 11) is 0. The number of carbonyl (C=O) groups excluding carboxylic acids is 2. The minimum atomic E-state index is 0. The Morgan fingerprint density at radius 1 is 0.347 bits per heavy atom. The lowest BCUT2D eigenvalue weighted by Gasteiger charge is -2.25. The van der Waals surface area contributed by atoms with E-state index in [9.17, 15) is 9.59 Å². The zero-order valence-electron chi connectivity index (χ0n) is 33.1. The second-order valence-electron chi connectivity index (χ2n) is 14.7. The number of hydrogen-bond donors (Lipinski definition) is 2. The van der Waals surface area contributed by atoms with E-state index in [0.29, 0.717) is 25.9 Å². The van der Waals surface area contributed by atoms with E-state index < -0.39 is 0 Å². The minimum Gasteiger partial charge on any atom is -0.343 e. The van der Waals surface area contributed by atoms with E-state index in [1.807, 2.05) is 9.80 Å². The van der Waals surface area contributed by atoms with Gasteiger partial charge in [0.05, 0.1) is 0 Å². The molecule has 0 fully saturated rings. The van der Waals surface area contributed by atoms with Gasteiger partial charge in [-0.25, -0.2) is 0 Å². The predicted molar refractivity (Wildman–Crippen MR) is 218 cm³/mol. The van der Waals surface area contributed by atoms with Gasteiger partial charge in [0.2, 0.25) is 11.8 Å². The second-order valence-corrected chi connectivity index (χ2v) is 14.7. The summed E-state index contributed by atoms with van der Waals surface area (Å²) in [5.41, 5.74) is 11.6. The van der Waals surface area contributed by atoms with Gasteiger partial charge >= 0.3 is 0 Å². The number of carbonyl (C=O) groups is 2. The summed E-state index contributed by atoms with van der Waals surface area (Å²) in [5.74, 6) is 0.565. The Balaban J connectivity index is 0. The highest BCUT2D eigenvalue weighted by atomic mass is 35.5. The van der Waals surface area contributed by atoms with E-state index >= 15 is 0 Å². The van der Waals surface area contributed by atoms with Crippen molar-refractivity contribution in [2.75, 3.05) is 39.3 Å². The summed E-state index contributed by atoms with van der Waals surface area (Å²) >= 11 is 0. The average Bonchev–Trinajstić information content (AvgIpc) is 3.09. The molecule has 0 spiro atoms. The fraction of sp³-hybridized carbons (Fsp3) is 0.952. The number of unbranched alkanes of at least 4 members (excludes halogenated alkanes) is 25. The van der Waals surface area contributed by atoms with Gasteiger partial charge in [0.15, 0.2) is 0 Å². The third-order valence-electron chi connectivity index (χ3n) is 10.1. The number of nitrogens with zero attached hydrogens (tertiary/aromatic N) is 2. The maximum absolute atomic E-state index is 13.0. The maximum atomic E-state index is 13.0. The van der Waals surface area contributed by atoms with E-state index in [0.717, 1.165) is 77.5 Å². The Labute approximate surface area is 312 Å². The van der Waals surface area contributed by atoms with Gasteiger partial charge in [-0.2, -0.15) is 0 Å². The first-order valence-electron chi connectivity index (χ1n) is 21.6. The molecule has 6 nitrogen and oxygen atoms in total. The van der Waals surface area contributed by atoms with Gasteiger partial charge in [-0.15, -0.1) is 12.4 Å². The first kappa shape index (κ1) is 50.3. The largest absolute Gasteiger partial charge is 0.343 e. The molecule has 7 heteroatoms. The first-order chi connectivity index (χ1) is 23.6. The van der Waals surface area contributed by atoms with Crippen molar-refractivity contribution in [1.82, 2.24) is 9.80 Å². The van der Waals surface area contributed by atoms with Gasteiger partial charge in [-0.1, -0.05) is 168 Å². The lowest BCUT2D eigenvalue weighted by molar-refractivity contribution is -0.133. The van der Waals surface area contributed by atoms with Crippen LogP contribution in [0.25, 0.3) is 0 Å². The van der Waals surface area contributed by atoms with Crippen molar-refractivity contribution < 1.29 is 9.59 Å². The zero-order chi connectivity index (χ0) is 35.2. The van der Waals surface area contributed by atoms with Gasteiger partial charge in [-0.3, -0.25) is 9.59 Å². The number of hydrogen-bond acceptors (Lipinski definition) is 4. The third-order valence-corrected chi connectivity index (χ3v) is 10.1. The van der Waals surface area contributed by atoms with Crippen LogP contribution in [-0.2, 0) is 9.59 Å². The fourth-order valence-electron chi connectivity index (χ4n) is 6.80. The molecule has 0 aromatic carbocycles. The highest BCUT2D eigenvalue weighted by Gasteiger charge is 2.15. The lowest BCUT2D eigenvalue weighted by atomic mass is 10.0. The highest BCUT2D eigenvalue weighted by Crippen LogP contribution is 2.15. The quantitative estimate of drug-likeness (QED) is 0.0620. The van der Waals surface area contributed by atoms with Crippen molar-refractivity contribution in [3.8, 4) is 0 Å². The molecule has 0 aliphatic heterocycles. The molecule has 0 saturated carbocycles. The Morgan fingerprint density at radius 2 is 0.571 bits per heavy atom. The average molecular weight is 716 g/mol. The third kappa shape index (κ3) is 35.3. The molecule has 294 valence electrons. The minimum absolute atomic E-state index is 0. The zero-order valence-corrected chi connectivity index (χ0v) is 34.0. The lowest BCUT2D eigenvalue weighted by Crippen LogP contribution is -2.36. The highest BCUT2D eigenvalue weighted by molar-refractivity contribution is 5.85. The molecule has 4 N–H and O–H groups in total. The Kier molecular flexibility index (Phi) is 42.6. The van der Waals surface area contributed by atoms with Crippen LogP contribution in [0.4, 0.5) is 0 Å². The van der Waals surface area contributed by atoms with Crippen molar-refractivity contribution in [2.45, 2.75) is 219 Å². The first-order valence-corrected chi connectivity index (χ1v) is 21.6. The SMILES string of the molecule is CCCCCCCCCCCCCCCC(=O)N(CCCN)CCCCN(CCCN)C(=O)CCCCCCCCCCCCCCC.Cl. The van der Waals surface area contributed by atoms with Crippen LogP contribution >= 0.6 is 12.4 Å². The summed E-state index contributed by atoms with van der Waals surface area (Å²) in [6, 6.07) is 0. The molecule has 0 aromatic rings. The van der Waals surface area contributed by atoms with E-state index in [1.165, 1.54) is 141 Å². The molecule has 0 aromatic heterocycles. The van der Waals surface area contributed by atoms with Crippen LogP contribution < -0.4 is 11.5 Å². The summed E-state index contributed by atoms with van der Waals surface area (Å²) < 4.78 is 0. The summed E-state index contributed by atoms with van der Waals surface area (Å²) in [6.45, 7) is 8.84. The maximum Gasteiger partial charge on any atom is 0.222 e. The molecule has 0 saturated heterocycles. The van der Waals surface area contributed by atoms with E-state index in [-0.39, 0.29) is 24.2 Å². The van der Waals surface area contributed by atoms with Crippen LogP contribution in [0.2, 0.25) is 0 Å². The van der Waals surface area contributed by atoms with Crippen molar-refractivity contribution in [1.29, 1.82) is 0 Å². The summed E-state index contributed by atoms with van der Waals surface area (Å²) in [4.78, 5) is 30.1. The molecule has 0 heterocycles. The molecule has 0 atom stereocenters. The molecular formula is C42H87ClN4O2. The molecule has 2 amide bonds. The van der Waals surface area contributed by atoms with Crippen LogP contribution in [0.1, 0.15) is 219 Å². The second kappa shape index (κ2) is 41.6. The Hall–Kier alpha value is -0.850. The van der Waals surface area contributed by atoms with Crippen molar-refractivity contribution in [2.24, 2.45) is 11.5 Å². The Bertz CT molecular complexity index is 625. The molecular weight excluding hydrogens is 628 g/mol. The smallest absolute Gasteiger partial charge is 0.222 e. The number of amides is 2. The molecule has 0 aliphatic carbocycles. The molecule has 0 bridgehead atoms. The molecule has 49 heavy (non-hydrogen) atoms.